The van der Waals surface area contributed by atoms with Gasteiger partial charge in [0, 0.05) is 23.8 Å². The van der Waals surface area contributed by atoms with Crippen LogP contribution in [0.5, 0.6) is 0 Å². The highest BCUT2D eigenvalue weighted by Gasteiger charge is 2.47. The van der Waals surface area contributed by atoms with E-state index in [1.807, 2.05) is 6.07 Å². The van der Waals surface area contributed by atoms with Crippen molar-refractivity contribution in [3.8, 4) is 0 Å². The molecule has 0 radical (unpaired) electrons. The number of benzene rings is 2. The Balaban J connectivity index is 1.48. The van der Waals surface area contributed by atoms with Crippen molar-refractivity contribution in [3.05, 3.63) is 64.2 Å². The number of likely N-dealkylation sites (tertiary alicyclic amines) is 1. The minimum absolute atomic E-state index is 0.0232. The highest BCUT2D eigenvalue weighted by Crippen LogP contribution is 2.33. The van der Waals surface area contributed by atoms with Gasteiger partial charge in [0.15, 0.2) is 0 Å². The summed E-state index contributed by atoms with van der Waals surface area (Å²) >= 11 is 6.31. The second-order valence-corrected chi connectivity index (χ2v) is 8.63. The van der Waals surface area contributed by atoms with E-state index in [2.05, 4.69) is 15.5 Å². The molecule has 0 unspecified atom stereocenters. The Labute approximate surface area is 196 Å². The third-order valence-corrected chi connectivity index (χ3v) is 6.34. The van der Waals surface area contributed by atoms with Crippen LogP contribution < -0.4 is 10.9 Å². The first kappa shape index (κ1) is 22.3. The molecule has 4 aromatic rings. The van der Waals surface area contributed by atoms with Gasteiger partial charge in [0.1, 0.15) is 12.6 Å². The Morgan fingerprint density at radius 3 is 2.85 bits per heavy atom. The number of nitrogens with one attached hydrogen (secondary N) is 2. The van der Waals surface area contributed by atoms with Crippen LogP contribution in [0.15, 0.2) is 53.6 Å². The Morgan fingerprint density at radius 1 is 1.24 bits per heavy atom. The number of aromatic amines is 1. The second-order valence-electron chi connectivity index (χ2n) is 8.22. The lowest BCUT2D eigenvalue weighted by atomic mass is 10.1. The SMILES string of the molecule is O=C(Cn1ccc2cccc(Nc3cc(Cl)c4[nH]ncc4c3)c2c1=O)N1CCC[C@H]1C(F)(F)F. The Morgan fingerprint density at radius 2 is 2.06 bits per heavy atom. The lowest BCUT2D eigenvalue weighted by molar-refractivity contribution is -0.183. The lowest BCUT2D eigenvalue weighted by Gasteiger charge is -2.26. The summed E-state index contributed by atoms with van der Waals surface area (Å²) < 4.78 is 41.0. The molecular formula is C23H19ClF3N5O2. The molecule has 1 atom stereocenters. The number of pyridine rings is 1. The summed E-state index contributed by atoms with van der Waals surface area (Å²) in [5.41, 5.74) is 1.32. The fourth-order valence-electron chi connectivity index (χ4n) is 4.44. The molecule has 0 bridgehead atoms. The second kappa shape index (κ2) is 8.35. The zero-order chi connectivity index (χ0) is 24.0. The van der Waals surface area contributed by atoms with Crippen LogP contribution in [0.1, 0.15) is 12.8 Å². The van der Waals surface area contributed by atoms with E-state index < -0.39 is 30.2 Å². The smallest absolute Gasteiger partial charge is 0.355 e. The summed E-state index contributed by atoms with van der Waals surface area (Å²) in [5, 5.41) is 12.1. The van der Waals surface area contributed by atoms with Gasteiger partial charge < -0.3 is 14.8 Å². The lowest BCUT2D eigenvalue weighted by Crippen LogP contribution is -2.46. The van der Waals surface area contributed by atoms with Crippen molar-refractivity contribution in [2.75, 3.05) is 11.9 Å². The number of aromatic nitrogens is 3. The third-order valence-electron chi connectivity index (χ3n) is 6.04. The molecule has 2 aromatic heterocycles. The molecule has 5 rings (SSSR count). The molecule has 0 saturated carbocycles. The molecule has 0 spiro atoms. The van der Waals surface area contributed by atoms with Crippen LogP contribution >= 0.6 is 11.6 Å². The number of carbonyl (C=O) groups is 1. The third kappa shape index (κ3) is 3.98. The quantitative estimate of drug-likeness (QED) is 0.430. The van der Waals surface area contributed by atoms with E-state index in [0.29, 0.717) is 32.7 Å². The van der Waals surface area contributed by atoms with E-state index in [9.17, 15) is 22.8 Å². The highest BCUT2D eigenvalue weighted by atomic mass is 35.5. The van der Waals surface area contributed by atoms with Crippen LogP contribution in [-0.4, -0.2) is 44.3 Å². The van der Waals surface area contributed by atoms with E-state index in [-0.39, 0.29) is 19.4 Å². The number of fused-ring (bicyclic) bond motifs is 2. The molecular weight excluding hydrogens is 471 g/mol. The first-order valence-electron chi connectivity index (χ1n) is 10.6. The number of hydrogen-bond acceptors (Lipinski definition) is 4. The molecule has 34 heavy (non-hydrogen) atoms. The summed E-state index contributed by atoms with van der Waals surface area (Å²) in [6, 6.07) is 8.60. The standard InChI is InChI=1S/C23H19ClF3N5O2/c24-16-10-15(9-14-11-28-30-21(14)16)29-17-4-1-3-13-6-8-31(22(34)20(13)17)12-19(33)32-7-2-5-18(32)23(25,26)27/h1,3-4,6,8-11,18,29H,2,5,7,12H2,(H,28,30)/t18-/m0/s1. The maximum Gasteiger partial charge on any atom is 0.408 e. The van der Waals surface area contributed by atoms with E-state index in [0.717, 1.165) is 14.9 Å². The molecule has 2 N–H and O–H groups in total. The van der Waals surface area contributed by atoms with Crippen molar-refractivity contribution in [1.82, 2.24) is 19.7 Å². The average Bonchev–Trinajstić information content (AvgIpc) is 3.45. The van der Waals surface area contributed by atoms with Crippen molar-refractivity contribution in [2.24, 2.45) is 0 Å². The largest absolute Gasteiger partial charge is 0.408 e. The van der Waals surface area contributed by atoms with Gasteiger partial charge in [-0.2, -0.15) is 18.3 Å². The van der Waals surface area contributed by atoms with E-state index in [4.69, 9.17) is 11.6 Å². The Kier molecular flexibility index (Phi) is 5.47. The van der Waals surface area contributed by atoms with Gasteiger partial charge in [-0.1, -0.05) is 23.7 Å². The van der Waals surface area contributed by atoms with Crippen LogP contribution in [0, 0.1) is 0 Å². The van der Waals surface area contributed by atoms with E-state index in [1.54, 1.807) is 36.5 Å². The Hall–Kier alpha value is -3.53. The molecule has 7 nitrogen and oxygen atoms in total. The fraction of sp³-hybridized carbons (Fsp3) is 0.261. The highest BCUT2D eigenvalue weighted by molar-refractivity contribution is 6.35. The minimum atomic E-state index is -4.49. The minimum Gasteiger partial charge on any atom is -0.355 e. The molecule has 11 heteroatoms. The van der Waals surface area contributed by atoms with E-state index >= 15 is 0 Å². The van der Waals surface area contributed by atoms with Gasteiger partial charge in [-0.25, -0.2) is 0 Å². The van der Waals surface area contributed by atoms with E-state index in [1.165, 1.54) is 6.20 Å². The monoisotopic (exact) mass is 489 g/mol. The number of alkyl halides is 3. The van der Waals surface area contributed by atoms with Gasteiger partial charge in [0.25, 0.3) is 5.56 Å². The molecule has 1 aliphatic rings. The van der Waals surface area contributed by atoms with Gasteiger partial charge >= 0.3 is 6.18 Å². The molecule has 1 fully saturated rings. The zero-order valence-corrected chi connectivity index (χ0v) is 18.5. The molecule has 2 aromatic carbocycles. The van der Waals surface area contributed by atoms with Crippen molar-refractivity contribution in [2.45, 2.75) is 31.6 Å². The maximum atomic E-state index is 13.3. The Bertz CT molecular complexity index is 1460. The van der Waals surface area contributed by atoms with Crippen molar-refractivity contribution in [1.29, 1.82) is 0 Å². The zero-order valence-electron chi connectivity index (χ0n) is 17.7. The van der Waals surface area contributed by atoms with Gasteiger partial charge in [-0.05, 0) is 42.5 Å². The number of carbonyl (C=O) groups excluding carboxylic acids is 1. The van der Waals surface area contributed by atoms with Gasteiger partial charge in [0.05, 0.1) is 27.8 Å². The molecule has 0 aliphatic carbocycles. The van der Waals surface area contributed by atoms with Crippen LogP contribution in [0.4, 0.5) is 24.5 Å². The van der Waals surface area contributed by atoms with Gasteiger partial charge in [-0.3, -0.25) is 14.7 Å². The van der Waals surface area contributed by atoms with Crippen LogP contribution in [0.2, 0.25) is 5.02 Å². The van der Waals surface area contributed by atoms with Crippen molar-refractivity contribution < 1.29 is 18.0 Å². The fourth-order valence-corrected chi connectivity index (χ4v) is 4.71. The normalized spacial score (nSPS) is 16.5. The summed E-state index contributed by atoms with van der Waals surface area (Å²) in [4.78, 5) is 26.8. The summed E-state index contributed by atoms with van der Waals surface area (Å²) in [7, 11) is 0. The summed E-state index contributed by atoms with van der Waals surface area (Å²) in [6.07, 6.45) is -1.28. The van der Waals surface area contributed by atoms with Crippen LogP contribution in [0.3, 0.4) is 0 Å². The van der Waals surface area contributed by atoms with Gasteiger partial charge in [-0.15, -0.1) is 0 Å². The first-order chi connectivity index (χ1) is 16.2. The molecule has 1 amide bonds. The maximum absolute atomic E-state index is 13.3. The first-order valence-corrected chi connectivity index (χ1v) is 11.0. The molecule has 176 valence electrons. The number of H-pyrrole nitrogens is 1. The number of halogens is 4. The summed E-state index contributed by atoms with van der Waals surface area (Å²) in [6.45, 7) is -0.447. The predicted octanol–water partition coefficient (Wildman–Crippen LogP) is 4.83. The average molecular weight is 490 g/mol. The molecule has 1 aliphatic heterocycles. The number of amides is 1. The van der Waals surface area contributed by atoms with Crippen LogP contribution in [-0.2, 0) is 11.3 Å². The van der Waals surface area contributed by atoms with Gasteiger partial charge in [0.2, 0.25) is 5.91 Å². The van der Waals surface area contributed by atoms with Crippen molar-refractivity contribution in [3.63, 3.8) is 0 Å². The number of anilines is 2. The molecule has 3 heterocycles. The summed E-state index contributed by atoms with van der Waals surface area (Å²) in [5.74, 6) is -0.732. The number of rotatable bonds is 4. The predicted molar refractivity (Wildman–Crippen MR) is 123 cm³/mol. The van der Waals surface area contributed by atoms with Crippen LogP contribution in [0.25, 0.3) is 21.7 Å². The number of nitrogens with zero attached hydrogens (tertiary/aromatic N) is 3. The molecule has 1 saturated heterocycles. The topological polar surface area (TPSA) is 83.0 Å². The number of hydrogen-bond donors (Lipinski definition) is 2. The van der Waals surface area contributed by atoms with Crippen molar-refractivity contribution >= 4 is 50.6 Å².